The zero-order valence-corrected chi connectivity index (χ0v) is 11.8. The molecule has 1 unspecified atom stereocenters. The van der Waals surface area contributed by atoms with Gasteiger partial charge in [0.15, 0.2) is 0 Å². The van der Waals surface area contributed by atoms with Crippen LogP contribution in [0.3, 0.4) is 0 Å². The normalized spacial score (nSPS) is 11.9. The third kappa shape index (κ3) is 4.51. The molecule has 0 aliphatic carbocycles. The van der Waals surface area contributed by atoms with E-state index in [9.17, 15) is 24.1 Å². The second-order valence-electron chi connectivity index (χ2n) is 4.83. The molecule has 21 heavy (non-hydrogen) atoms. The van der Waals surface area contributed by atoms with Gasteiger partial charge < -0.3 is 10.6 Å². The number of amides is 2. The molecule has 1 atom stereocenters. The molecule has 0 aliphatic heterocycles. The second kappa shape index (κ2) is 6.78. The lowest BCUT2D eigenvalue weighted by Crippen LogP contribution is -2.46. The van der Waals surface area contributed by atoms with Gasteiger partial charge in [0.05, 0.1) is 4.92 Å². The zero-order chi connectivity index (χ0) is 16.2. The Kier molecular flexibility index (Phi) is 5.34. The minimum Gasteiger partial charge on any atom is -0.344 e. The highest BCUT2D eigenvalue weighted by molar-refractivity contribution is 5.97. The smallest absolute Gasteiger partial charge is 0.306 e. The van der Waals surface area contributed by atoms with E-state index in [1.807, 2.05) is 0 Å². The molecule has 114 valence electrons. The number of hydrogen-bond donors (Lipinski definition) is 2. The molecular formula is C13H16FN3O4. The SMILES string of the molecule is CC(=O)NC(C(=O)Nc1ccc(F)c([N+](=O)[O-])c1)C(C)C. The monoisotopic (exact) mass is 297 g/mol. The standard InChI is InChI=1S/C13H16FN3O4/c1-7(2)12(15-8(3)18)13(19)16-9-4-5-10(14)11(6-9)17(20)21/h4-7,12H,1-3H3,(H,15,18)(H,16,19). The number of nitro groups is 1. The Morgan fingerprint density at radius 3 is 2.43 bits per heavy atom. The average Bonchev–Trinajstić information content (AvgIpc) is 2.37. The number of carbonyl (C=O) groups excluding carboxylic acids is 2. The molecule has 0 fully saturated rings. The second-order valence-corrected chi connectivity index (χ2v) is 4.83. The summed E-state index contributed by atoms with van der Waals surface area (Å²) in [5, 5.41) is 15.6. The van der Waals surface area contributed by atoms with Crippen LogP contribution in [0.5, 0.6) is 0 Å². The molecule has 0 aliphatic rings. The molecule has 1 rings (SSSR count). The number of hydrogen-bond acceptors (Lipinski definition) is 4. The Balaban J connectivity index is 2.93. The van der Waals surface area contributed by atoms with Crippen molar-refractivity contribution in [1.82, 2.24) is 5.32 Å². The Morgan fingerprint density at radius 1 is 1.33 bits per heavy atom. The van der Waals surface area contributed by atoms with Crippen molar-refractivity contribution in [2.75, 3.05) is 5.32 Å². The van der Waals surface area contributed by atoms with E-state index in [0.717, 1.165) is 12.1 Å². The van der Waals surface area contributed by atoms with E-state index in [1.54, 1.807) is 13.8 Å². The summed E-state index contributed by atoms with van der Waals surface area (Å²) in [6, 6.07) is 2.26. The van der Waals surface area contributed by atoms with Gasteiger partial charge in [-0.2, -0.15) is 4.39 Å². The van der Waals surface area contributed by atoms with Crippen LogP contribution in [0.4, 0.5) is 15.8 Å². The number of rotatable bonds is 5. The number of nitro benzene ring substituents is 1. The molecule has 0 bridgehead atoms. The molecule has 0 radical (unpaired) electrons. The molecule has 1 aromatic carbocycles. The van der Waals surface area contributed by atoms with E-state index in [2.05, 4.69) is 10.6 Å². The average molecular weight is 297 g/mol. The molecule has 0 spiro atoms. The van der Waals surface area contributed by atoms with Crippen molar-refractivity contribution in [2.24, 2.45) is 5.92 Å². The summed E-state index contributed by atoms with van der Waals surface area (Å²) in [4.78, 5) is 32.9. The fourth-order valence-electron chi connectivity index (χ4n) is 1.70. The number of nitrogens with one attached hydrogen (secondary N) is 2. The highest BCUT2D eigenvalue weighted by Gasteiger charge is 2.24. The number of carbonyl (C=O) groups is 2. The lowest BCUT2D eigenvalue weighted by atomic mass is 10.0. The predicted molar refractivity (Wildman–Crippen MR) is 74.1 cm³/mol. The van der Waals surface area contributed by atoms with Crippen molar-refractivity contribution >= 4 is 23.2 Å². The Hall–Kier alpha value is -2.51. The number of benzene rings is 1. The van der Waals surface area contributed by atoms with Crippen LogP contribution in [0.15, 0.2) is 18.2 Å². The van der Waals surface area contributed by atoms with Crippen LogP contribution in [-0.4, -0.2) is 22.8 Å². The van der Waals surface area contributed by atoms with E-state index < -0.39 is 28.4 Å². The lowest BCUT2D eigenvalue weighted by molar-refractivity contribution is -0.387. The third-order valence-corrected chi connectivity index (χ3v) is 2.72. The first kappa shape index (κ1) is 16.5. The van der Waals surface area contributed by atoms with Gasteiger partial charge in [-0.1, -0.05) is 13.8 Å². The van der Waals surface area contributed by atoms with Crippen molar-refractivity contribution < 1.29 is 18.9 Å². The van der Waals surface area contributed by atoms with Crippen molar-refractivity contribution in [1.29, 1.82) is 0 Å². The first-order valence-corrected chi connectivity index (χ1v) is 6.24. The van der Waals surface area contributed by atoms with Crippen molar-refractivity contribution in [3.05, 3.63) is 34.1 Å². The van der Waals surface area contributed by atoms with Crippen LogP contribution in [0.1, 0.15) is 20.8 Å². The lowest BCUT2D eigenvalue weighted by Gasteiger charge is -2.20. The molecule has 0 heterocycles. The maximum atomic E-state index is 13.2. The highest BCUT2D eigenvalue weighted by Crippen LogP contribution is 2.22. The van der Waals surface area contributed by atoms with Crippen LogP contribution in [0, 0.1) is 21.8 Å². The van der Waals surface area contributed by atoms with Crippen LogP contribution < -0.4 is 10.6 Å². The predicted octanol–water partition coefficient (Wildman–Crippen LogP) is 1.83. The maximum Gasteiger partial charge on any atom is 0.306 e. The first-order valence-electron chi connectivity index (χ1n) is 6.24. The topological polar surface area (TPSA) is 101 Å². The Labute approximate surface area is 120 Å². The van der Waals surface area contributed by atoms with Gasteiger partial charge in [-0.25, -0.2) is 0 Å². The van der Waals surface area contributed by atoms with Gasteiger partial charge in [0.25, 0.3) is 0 Å². The van der Waals surface area contributed by atoms with Crippen LogP contribution in [-0.2, 0) is 9.59 Å². The number of anilines is 1. The maximum absolute atomic E-state index is 13.2. The van der Waals surface area contributed by atoms with Crippen LogP contribution >= 0.6 is 0 Å². The fraction of sp³-hybridized carbons (Fsp3) is 0.385. The van der Waals surface area contributed by atoms with E-state index in [0.29, 0.717) is 0 Å². The summed E-state index contributed by atoms with van der Waals surface area (Å²) in [5.41, 5.74) is -0.641. The first-order chi connectivity index (χ1) is 9.72. The van der Waals surface area contributed by atoms with Gasteiger partial charge in [0.1, 0.15) is 6.04 Å². The summed E-state index contributed by atoms with van der Waals surface area (Å²) >= 11 is 0. The fourth-order valence-corrected chi connectivity index (χ4v) is 1.70. The van der Waals surface area contributed by atoms with Gasteiger partial charge in [-0.3, -0.25) is 19.7 Å². The van der Waals surface area contributed by atoms with Crippen LogP contribution in [0.2, 0.25) is 0 Å². The molecule has 0 saturated carbocycles. The summed E-state index contributed by atoms with van der Waals surface area (Å²) in [7, 11) is 0. The van der Waals surface area contributed by atoms with E-state index in [1.165, 1.54) is 13.0 Å². The minimum absolute atomic E-state index is 0.0871. The van der Waals surface area contributed by atoms with E-state index >= 15 is 0 Å². The quantitative estimate of drug-likeness (QED) is 0.639. The van der Waals surface area contributed by atoms with Gasteiger partial charge >= 0.3 is 5.69 Å². The summed E-state index contributed by atoms with van der Waals surface area (Å²) in [5.74, 6) is -2.06. The van der Waals surface area contributed by atoms with Gasteiger partial charge in [-0.15, -0.1) is 0 Å². The van der Waals surface area contributed by atoms with E-state index in [4.69, 9.17) is 0 Å². The number of nitrogens with zero attached hydrogens (tertiary/aromatic N) is 1. The van der Waals surface area contributed by atoms with Gasteiger partial charge in [-0.05, 0) is 18.1 Å². The van der Waals surface area contributed by atoms with Crippen molar-refractivity contribution in [2.45, 2.75) is 26.8 Å². The largest absolute Gasteiger partial charge is 0.344 e. The Morgan fingerprint density at radius 2 is 1.95 bits per heavy atom. The Bertz CT molecular complexity index is 575. The molecule has 0 aromatic heterocycles. The van der Waals surface area contributed by atoms with Crippen molar-refractivity contribution in [3.63, 3.8) is 0 Å². The number of halogens is 1. The minimum atomic E-state index is -0.986. The molecule has 1 aromatic rings. The summed E-state index contributed by atoms with van der Waals surface area (Å²) in [6.45, 7) is 4.77. The molecule has 7 nitrogen and oxygen atoms in total. The van der Waals surface area contributed by atoms with Crippen LogP contribution in [0.25, 0.3) is 0 Å². The molecular weight excluding hydrogens is 281 g/mol. The van der Waals surface area contributed by atoms with E-state index in [-0.39, 0.29) is 17.5 Å². The molecule has 8 heteroatoms. The summed E-state index contributed by atoms with van der Waals surface area (Å²) in [6.07, 6.45) is 0. The zero-order valence-electron chi connectivity index (χ0n) is 11.8. The molecule has 0 saturated heterocycles. The molecule has 2 N–H and O–H groups in total. The van der Waals surface area contributed by atoms with Gasteiger partial charge in [0.2, 0.25) is 17.6 Å². The third-order valence-electron chi connectivity index (χ3n) is 2.72. The van der Waals surface area contributed by atoms with Gasteiger partial charge in [0, 0.05) is 18.7 Å². The summed E-state index contributed by atoms with van der Waals surface area (Å²) < 4.78 is 13.2. The van der Waals surface area contributed by atoms with Crippen molar-refractivity contribution in [3.8, 4) is 0 Å². The molecule has 2 amide bonds. The highest BCUT2D eigenvalue weighted by atomic mass is 19.1.